The summed E-state index contributed by atoms with van der Waals surface area (Å²) in [7, 11) is 0. The molecular weight excluding hydrogens is 396 g/mol. The zero-order valence-electron chi connectivity index (χ0n) is 17.3. The lowest BCUT2D eigenvalue weighted by Gasteiger charge is -2.14. The third kappa shape index (κ3) is 4.66. The average molecular weight is 420 g/mol. The quantitative estimate of drug-likeness (QED) is 0.325. The molecule has 0 saturated carbocycles. The molecule has 2 N–H and O–H groups in total. The van der Waals surface area contributed by atoms with Gasteiger partial charge in [-0.2, -0.15) is 0 Å². The summed E-state index contributed by atoms with van der Waals surface area (Å²) in [5.41, 5.74) is 0.258. The first-order valence-corrected chi connectivity index (χ1v) is 10.0. The molecule has 2 aromatic carbocycles. The number of hydrogen-bond acceptors (Lipinski definition) is 5. The Morgan fingerprint density at radius 2 is 1.87 bits per heavy atom. The summed E-state index contributed by atoms with van der Waals surface area (Å²) in [5, 5.41) is 13.6. The Morgan fingerprint density at radius 3 is 2.55 bits per heavy atom. The van der Waals surface area contributed by atoms with E-state index in [1.54, 1.807) is 30.3 Å². The van der Waals surface area contributed by atoms with Crippen molar-refractivity contribution in [3.05, 3.63) is 82.7 Å². The molecule has 1 heterocycles. The number of para-hydroxylation sites is 1. The number of unbranched alkanes of at least 4 members (excludes halogenated alkanes) is 1. The molecule has 0 bridgehead atoms. The molecule has 0 radical (unpaired) electrons. The predicted octanol–water partition coefficient (Wildman–Crippen LogP) is 4.10. The summed E-state index contributed by atoms with van der Waals surface area (Å²) < 4.78 is 6.54. The number of hydrogen-bond donors (Lipinski definition) is 2. The van der Waals surface area contributed by atoms with Gasteiger partial charge in [-0.15, -0.1) is 6.58 Å². The van der Waals surface area contributed by atoms with Crippen LogP contribution >= 0.6 is 0 Å². The molecule has 7 nitrogen and oxygen atoms in total. The molecule has 0 saturated heterocycles. The van der Waals surface area contributed by atoms with Gasteiger partial charge in [-0.3, -0.25) is 9.59 Å². The second-order valence-corrected chi connectivity index (χ2v) is 6.97. The number of carbonyl (C=O) groups excluding carboxylic acids is 2. The molecule has 31 heavy (non-hydrogen) atoms. The van der Waals surface area contributed by atoms with Gasteiger partial charge >= 0.3 is 5.97 Å². The van der Waals surface area contributed by atoms with Crippen LogP contribution in [0.5, 0.6) is 5.75 Å². The number of nitrogens with one attached hydrogen (secondary N) is 1. The Balaban J connectivity index is 1.88. The molecule has 0 spiro atoms. The van der Waals surface area contributed by atoms with Crippen LogP contribution in [0.15, 0.2) is 66.0 Å². The number of benzene rings is 2. The number of anilines is 1. The van der Waals surface area contributed by atoms with Crippen molar-refractivity contribution >= 4 is 28.5 Å². The molecule has 3 rings (SSSR count). The van der Waals surface area contributed by atoms with Crippen molar-refractivity contribution in [2.24, 2.45) is 0 Å². The fourth-order valence-corrected chi connectivity index (χ4v) is 3.18. The Kier molecular flexibility index (Phi) is 6.87. The number of ether oxygens (including phenoxy) is 1. The van der Waals surface area contributed by atoms with E-state index in [9.17, 15) is 19.5 Å². The van der Waals surface area contributed by atoms with Crippen LogP contribution in [0.25, 0.3) is 10.9 Å². The van der Waals surface area contributed by atoms with Gasteiger partial charge in [0, 0.05) is 17.6 Å². The van der Waals surface area contributed by atoms with Gasteiger partial charge in [-0.25, -0.2) is 4.79 Å². The monoisotopic (exact) mass is 420 g/mol. The van der Waals surface area contributed by atoms with E-state index in [1.165, 1.54) is 28.8 Å². The molecule has 0 aliphatic rings. The van der Waals surface area contributed by atoms with Crippen LogP contribution in [0.4, 0.5) is 5.69 Å². The SMILES string of the molecule is C=CCn1c(=O)c(C(=O)Nc2ccc(C(=O)OCCCC)cc2)c(O)c2ccccc21. The average Bonchev–Trinajstić information content (AvgIpc) is 2.77. The largest absolute Gasteiger partial charge is 0.506 e. The van der Waals surface area contributed by atoms with Crippen LogP contribution in [0.3, 0.4) is 0 Å². The minimum absolute atomic E-state index is 0.189. The fraction of sp³-hybridized carbons (Fsp3) is 0.208. The first-order chi connectivity index (χ1) is 15.0. The van der Waals surface area contributed by atoms with Crippen molar-refractivity contribution in [2.45, 2.75) is 26.3 Å². The Labute approximate surface area is 179 Å². The first-order valence-electron chi connectivity index (χ1n) is 10.0. The Hall–Kier alpha value is -3.87. The van der Waals surface area contributed by atoms with E-state index in [2.05, 4.69) is 11.9 Å². The van der Waals surface area contributed by atoms with Gasteiger partial charge in [-0.05, 0) is 42.8 Å². The standard InChI is InChI=1S/C24H24N2O5/c1-3-5-15-31-24(30)16-10-12-17(13-11-16)25-22(28)20-21(27)18-8-6-7-9-19(18)26(14-4-2)23(20)29/h4,6-13,27H,2-3,5,14-15H2,1H3,(H,25,28). The highest BCUT2D eigenvalue weighted by Crippen LogP contribution is 2.27. The van der Waals surface area contributed by atoms with E-state index in [0.717, 1.165) is 12.8 Å². The third-order valence-electron chi connectivity index (χ3n) is 4.79. The lowest BCUT2D eigenvalue weighted by atomic mass is 10.1. The smallest absolute Gasteiger partial charge is 0.338 e. The van der Waals surface area contributed by atoms with E-state index < -0.39 is 17.4 Å². The summed E-state index contributed by atoms with van der Waals surface area (Å²) in [6.07, 6.45) is 3.26. The number of carbonyl (C=O) groups is 2. The highest BCUT2D eigenvalue weighted by molar-refractivity contribution is 6.09. The normalized spacial score (nSPS) is 10.6. The summed E-state index contributed by atoms with van der Waals surface area (Å²) in [4.78, 5) is 37.8. The lowest BCUT2D eigenvalue weighted by Crippen LogP contribution is -2.29. The Morgan fingerprint density at radius 1 is 1.16 bits per heavy atom. The molecular formula is C24H24N2O5. The molecule has 0 aliphatic heterocycles. The van der Waals surface area contributed by atoms with E-state index >= 15 is 0 Å². The van der Waals surface area contributed by atoms with Crippen LogP contribution in [-0.2, 0) is 11.3 Å². The summed E-state index contributed by atoms with van der Waals surface area (Å²) >= 11 is 0. The van der Waals surface area contributed by atoms with Gasteiger partial charge in [0.15, 0.2) is 0 Å². The molecule has 1 aromatic heterocycles. The van der Waals surface area contributed by atoms with Gasteiger partial charge < -0.3 is 19.7 Å². The number of rotatable bonds is 8. The lowest BCUT2D eigenvalue weighted by molar-refractivity contribution is 0.0499. The number of nitrogens with zero attached hydrogens (tertiary/aromatic N) is 1. The Bertz CT molecular complexity index is 1180. The maximum atomic E-state index is 12.9. The van der Waals surface area contributed by atoms with Gasteiger partial charge in [0.2, 0.25) is 0 Å². The zero-order chi connectivity index (χ0) is 22.4. The van der Waals surface area contributed by atoms with Crippen LogP contribution < -0.4 is 10.9 Å². The number of allylic oxidation sites excluding steroid dienone is 1. The van der Waals surface area contributed by atoms with Gasteiger partial charge in [0.05, 0.1) is 17.7 Å². The van der Waals surface area contributed by atoms with Crippen molar-refractivity contribution in [1.29, 1.82) is 0 Å². The third-order valence-corrected chi connectivity index (χ3v) is 4.79. The highest BCUT2D eigenvalue weighted by Gasteiger charge is 2.22. The second kappa shape index (κ2) is 9.75. The summed E-state index contributed by atoms with van der Waals surface area (Å²) in [5.74, 6) is -1.57. The van der Waals surface area contributed by atoms with Crippen molar-refractivity contribution in [1.82, 2.24) is 4.57 Å². The minimum atomic E-state index is -0.746. The summed E-state index contributed by atoms with van der Waals surface area (Å²) in [6, 6.07) is 12.9. The van der Waals surface area contributed by atoms with Crippen LogP contribution in [0, 0.1) is 0 Å². The maximum Gasteiger partial charge on any atom is 0.338 e. The number of pyridine rings is 1. The van der Waals surface area contributed by atoms with Crippen LogP contribution in [0.2, 0.25) is 0 Å². The number of fused-ring (bicyclic) bond motifs is 1. The topological polar surface area (TPSA) is 97.6 Å². The molecule has 3 aromatic rings. The highest BCUT2D eigenvalue weighted by atomic mass is 16.5. The predicted molar refractivity (Wildman–Crippen MR) is 120 cm³/mol. The molecule has 1 amide bonds. The second-order valence-electron chi connectivity index (χ2n) is 6.97. The number of aromatic hydroxyl groups is 1. The number of esters is 1. The summed E-state index contributed by atoms with van der Waals surface area (Å²) in [6.45, 7) is 6.20. The van der Waals surface area contributed by atoms with Crippen molar-refractivity contribution in [3.63, 3.8) is 0 Å². The van der Waals surface area contributed by atoms with E-state index in [-0.39, 0.29) is 17.9 Å². The van der Waals surface area contributed by atoms with Crippen molar-refractivity contribution < 1.29 is 19.4 Å². The molecule has 7 heteroatoms. The molecule has 160 valence electrons. The van der Waals surface area contributed by atoms with E-state index in [4.69, 9.17) is 4.74 Å². The molecule has 0 unspecified atom stereocenters. The van der Waals surface area contributed by atoms with E-state index in [0.29, 0.717) is 28.8 Å². The van der Waals surface area contributed by atoms with Crippen LogP contribution in [0.1, 0.15) is 40.5 Å². The number of aromatic nitrogens is 1. The van der Waals surface area contributed by atoms with Gasteiger partial charge in [-0.1, -0.05) is 31.6 Å². The maximum absolute atomic E-state index is 12.9. The molecule has 0 fully saturated rings. The minimum Gasteiger partial charge on any atom is -0.506 e. The zero-order valence-corrected chi connectivity index (χ0v) is 17.3. The van der Waals surface area contributed by atoms with Crippen molar-refractivity contribution in [3.8, 4) is 5.75 Å². The first kappa shape index (κ1) is 21.8. The van der Waals surface area contributed by atoms with Gasteiger partial charge in [0.1, 0.15) is 11.3 Å². The molecule has 0 aliphatic carbocycles. The number of amides is 1. The van der Waals surface area contributed by atoms with Gasteiger partial charge in [0.25, 0.3) is 11.5 Å². The van der Waals surface area contributed by atoms with Crippen LogP contribution in [-0.4, -0.2) is 28.2 Å². The van der Waals surface area contributed by atoms with E-state index in [1.807, 2.05) is 6.92 Å². The molecule has 0 atom stereocenters. The fourth-order valence-electron chi connectivity index (χ4n) is 3.18. The van der Waals surface area contributed by atoms with Crippen molar-refractivity contribution in [2.75, 3.05) is 11.9 Å².